The van der Waals surface area contributed by atoms with Gasteiger partial charge in [-0.1, -0.05) is 12.8 Å². The summed E-state index contributed by atoms with van der Waals surface area (Å²) >= 11 is 0. The normalized spacial score (nSPS) is 18.1. The summed E-state index contributed by atoms with van der Waals surface area (Å²) < 4.78 is 0. The van der Waals surface area contributed by atoms with Crippen molar-refractivity contribution in [3.05, 3.63) is 0 Å². The van der Waals surface area contributed by atoms with E-state index >= 15 is 0 Å². The Morgan fingerprint density at radius 1 is 1.56 bits per heavy atom. The molecule has 0 aromatic carbocycles. The first-order valence-corrected chi connectivity index (χ1v) is 5.87. The number of urea groups is 1. The summed E-state index contributed by atoms with van der Waals surface area (Å²) in [7, 11) is 1.75. The molecule has 1 saturated carbocycles. The molecule has 1 fully saturated rings. The smallest absolute Gasteiger partial charge is 0.317 e. The minimum Gasteiger partial charge on any atom is -0.388 e. The Hall–Kier alpha value is -1.26. The zero-order valence-electron chi connectivity index (χ0n) is 10.1. The van der Waals surface area contributed by atoms with Gasteiger partial charge in [-0.25, -0.2) is 4.79 Å². The fourth-order valence-corrected chi connectivity index (χ4v) is 2.00. The molecule has 0 heterocycles. The van der Waals surface area contributed by atoms with E-state index in [9.17, 15) is 4.79 Å². The van der Waals surface area contributed by atoms with Crippen LogP contribution in [-0.2, 0) is 0 Å². The highest BCUT2D eigenvalue weighted by atomic mass is 16.2. The minimum atomic E-state index is -0.0550. The summed E-state index contributed by atoms with van der Waals surface area (Å²) in [5.74, 6) is 0.119. The number of nitrogens with two attached hydrogens (primary N) is 1. The van der Waals surface area contributed by atoms with Gasteiger partial charge in [0.25, 0.3) is 0 Å². The molecule has 0 aromatic rings. The Balaban J connectivity index is 2.36. The molecule has 4 N–H and O–H groups in total. The molecule has 1 aliphatic carbocycles. The van der Waals surface area contributed by atoms with Gasteiger partial charge in [-0.05, 0) is 19.8 Å². The number of amidine groups is 1. The maximum Gasteiger partial charge on any atom is 0.317 e. The number of nitrogens with zero attached hydrogens (tertiary/aromatic N) is 1. The number of carbonyl (C=O) groups excluding carboxylic acids is 1. The van der Waals surface area contributed by atoms with Crippen LogP contribution in [0.15, 0.2) is 0 Å². The fraction of sp³-hybridized carbons (Fsp3) is 0.818. The Morgan fingerprint density at radius 2 is 2.12 bits per heavy atom. The highest BCUT2D eigenvalue weighted by Crippen LogP contribution is 2.18. The molecule has 0 radical (unpaired) electrons. The summed E-state index contributed by atoms with van der Waals surface area (Å²) in [5.41, 5.74) is 5.32. The summed E-state index contributed by atoms with van der Waals surface area (Å²) in [5, 5.41) is 10.2. The van der Waals surface area contributed by atoms with E-state index in [-0.39, 0.29) is 17.9 Å². The second-order valence-electron chi connectivity index (χ2n) is 4.62. The number of amides is 2. The van der Waals surface area contributed by atoms with Crippen LogP contribution in [0.1, 0.15) is 39.0 Å². The van der Waals surface area contributed by atoms with Gasteiger partial charge in [0.05, 0.1) is 5.84 Å². The van der Waals surface area contributed by atoms with E-state index in [0.29, 0.717) is 12.5 Å². The number of carbonyl (C=O) groups is 1. The quantitative estimate of drug-likeness (QED) is 0.498. The molecule has 0 bridgehead atoms. The summed E-state index contributed by atoms with van der Waals surface area (Å²) in [6, 6.07) is 0.249. The Morgan fingerprint density at radius 3 is 2.62 bits per heavy atom. The average Bonchev–Trinajstić information content (AvgIpc) is 2.68. The molecule has 1 unspecified atom stereocenters. The molecule has 0 aromatic heterocycles. The van der Waals surface area contributed by atoms with Gasteiger partial charge >= 0.3 is 6.03 Å². The van der Waals surface area contributed by atoms with E-state index in [1.165, 1.54) is 12.8 Å². The van der Waals surface area contributed by atoms with Crippen molar-refractivity contribution in [3.8, 4) is 0 Å². The van der Waals surface area contributed by atoms with Crippen LogP contribution in [0.25, 0.3) is 0 Å². The maximum atomic E-state index is 11.8. The van der Waals surface area contributed by atoms with Gasteiger partial charge in [0, 0.05) is 25.6 Å². The van der Waals surface area contributed by atoms with Crippen molar-refractivity contribution in [2.24, 2.45) is 5.73 Å². The van der Waals surface area contributed by atoms with Crippen molar-refractivity contribution in [2.45, 2.75) is 51.1 Å². The first-order valence-electron chi connectivity index (χ1n) is 5.87. The van der Waals surface area contributed by atoms with Gasteiger partial charge in [-0.15, -0.1) is 0 Å². The third kappa shape index (κ3) is 3.72. The SMILES string of the molecule is CC(CC(=N)N)N(C)C(=O)NC1CCCC1. The number of hydrogen-bond acceptors (Lipinski definition) is 2. The summed E-state index contributed by atoms with van der Waals surface area (Å²) in [6.45, 7) is 1.90. The molecule has 0 spiro atoms. The molecular formula is C11H22N4O. The van der Waals surface area contributed by atoms with Crippen LogP contribution in [0.3, 0.4) is 0 Å². The average molecular weight is 226 g/mol. The Labute approximate surface area is 96.9 Å². The van der Waals surface area contributed by atoms with E-state index < -0.39 is 0 Å². The maximum absolute atomic E-state index is 11.8. The molecule has 0 saturated heterocycles. The summed E-state index contributed by atoms with van der Waals surface area (Å²) in [6.07, 6.45) is 5.01. The van der Waals surface area contributed by atoms with Crippen molar-refractivity contribution in [1.82, 2.24) is 10.2 Å². The van der Waals surface area contributed by atoms with Gasteiger partial charge in [0.15, 0.2) is 0 Å². The van der Waals surface area contributed by atoms with Crippen LogP contribution in [-0.4, -0.2) is 35.9 Å². The lowest BCUT2D eigenvalue weighted by Gasteiger charge is -2.26. The third-order valence-corrected chi connectivity index (χ3v) is 3.18. The van der Waals surface area contributed by atoms with Crippen LogP contribution < -0.4 is 11.1 Å². The van der Waals surface area contributed by atoms with Gasteiger partial charge in [-0.3, -0.25) is 5.41 Å². The van der Waals surface area contributed by atoms with Crippen molar-refractivity contribution < 1.29 is 4.79 Å². The molecular weight excluding hydrogens is 204 g/mol. The van der Waals surface area contributed by atoms with Crippen molar-refractivity contribution >= 4 is 11.9 Å². The van der Waals surface area contributed by atoms with Crippen molar-refractivity contribution in [2.75, 3.05) is 7.05 Å². The van der Waals surface area contributed by atoms with Crippen LogP contribution in [0.5, 0.6) is 0 Å². The predicted molar refractivity (Wildman–Crippen MR) is 64.5 cm³/mol. The van der Waals surface area contributed by atoms with Crippen molar-refractivity contribution in [1.29, 1.82) is 5.41 Å². The Bertz CT molecular complexity index is 261. The standard InChI is InChI=1S/C11H22N4O/c1-8(7-10(12)13)15(2)11(16)14-9-5-3-4-6-9/h8-9H,3-7H2,1-2H3,(H3,12,13)(H,14,16). The zero-order valence-corrected chi connectivity index (χ0v) is 10.1. The molecule has 2 amide bonds. The molecule has 92 valence electrons. The van der Waals surface area contributed by atoms with Gasteiger partial charge in [0.1, 0.15) is 0 Å². The van der Waals surface area contributed by atoms with E-state index in [0.717, 1.165) is 12.8 Å². The van der Waals surface area contributed by atoms with E-state index in [4.69, 9.17) is 11.1 Å². The van der Waals surface area contributed by atoms with Gasteiger partial charge < -0.3 is 16.0 Å². The second kappa shape index (κ2) is 5.72. The number of nitrogens with one attached hydrogen (secondary N) is 2. The molecule has 0 aliphatic heterocycles. The van der Waals surface area contributed by atoms with E-state index in [1.54, 1.807) is 11.9 Å². The highest BCUT2D eigenvalue weighted by Gasteiger charge is 2.21. The lowest BCUT2D eigenvalue weighted by atomic mass is 10.2. The first kappa shape index (κ1) is 12.8. The first-order chi connectivity index (χ1) is 7.50. The fourth-order valence-electron chi connectivity index (χ4n) is 2.00. The largest absolute Gasteiger partial charge is 0.388 e. The molecule has 16 heavy (non-hydrogen) atoms. The molecule has 1 atom stereocenters. The molecule has 1 aliphatic rings. The number of hydrogen-bond donors (Lipinski definition) is 3. The van der Waals surface area contributed by atoms with E-state index in [2.05, 4.69) is 5.32 Å². The number of rotatable bonds is 4. The summed E-state index contributed by atoms with van der Waals surface area (Å²) in [4.78, 5) is 13.5. The van der Waals surface area contributed by atoms with Gasteiger partial charge in [0.2, 0.25) is 0 Å². The lowest BCUT2D eigenvalue weighted by Crippen LogP contribution is -2.46. The monoisotopic (exact) mass is 226 g/mol. The van der Waals surface area contributed by atoms with Crippen LogP contribution in [0.2, 0.25) is 0 Å². The Kier molecular flexibility index (Phi) is 4.58. The zero-order chi connectivity index (χ0) is 12.1. The van der Waals surface area contributed by atoms with Crippen LogP contribution >= 0.6 is 0 Å². The topological polar surface area (TPSA) is 82.2 Å². The van der Waals surface area contributed by atoms with E-state index in [1.807, 2.05) is 6.92 Å². The lowest BCUT2D eigenvalue weighted by molar-refractivity contribution is 0.191. The third-order valence-electron chi connectivity index (χ3n) is 3.18. The van der Waals surface area contributed by atoms with Crippen LogP contribution in [0.4, 0.5) is 4.79 Å². The highest BCUT2D eigenvalue weighted by molar-refractivity contribution is 5.79. The molecule has 5 nitrogen and oxygen atoms in total. The minimum absolute atomic E-state index is 0.0288. The van der Waals surface area contributed by atoms with Crippen LogP contribution in [0, 0.1) is 5.41 Å². The molecule has 5 heteroatoms. The van der Waals surface area contributed by atoms with Crippen molar-refractivity contribution in [3.63, 3.8) is 0 Å². The van der Waals surface area contributed by atoms with Gasteiger partial charge in [-0.2, -0.15) is 0 Å². The second-order valence-corrected chi connectivity index (χ2v) is 4.62. The predicted octanol–water partition coefficient (Wildman–Crippen LogP) is 1.28. The molecule has 1 rings (SSSR count).